The van der Waals surface area contributed by atoms with E-state index < -0.39 is 11.9 Å². The molecule has 0 saturated heterocycles. The summed E-state index contributed by atoms with van der Waals surface area (Å²) in [5.41, 5.74) is 0.338. The van der Waals surface area contributed by atoms with Gasteiger partial charge >= 0.3 is 11.9 Å². The van der Waals surface area contributed by atoms with Crippen LogP contribution < -0.4 is 0 Å². The minimum absolute atomic E-state index is 0.309. The number of hydrogen-bond donors (Lipinski definition) is 0. The van der Waals surface area contributed by atoms with Crippen molar-refractivity contribution in [2.24, 2.45) is 0 Å². The van der Waals surface area contributed by atoms with Crippen LogP contribution >= 0.6 is 0 Å². The van der Waals surface area contributed by atoms with Crippen LogP contribution in [0.2, 0.25) is 0 Å². The molecule has 0 aliphatic rings. The first-order valence-corrected chi connectivity index (χ1v) is 4.83. The van der Waals surface area contributed by atoms with Gasteiger partial charge in [-0.25, -0.2) is 9.59 Å². The second-order valence-electron chi connectivity index (χ2n) is 2.55. The van der Waals surface area contributed by atoms with Crippen LogP contribution in [0.1, 0.15) is 20.8 Å². The molecule has 0 atom stereocenters. The molecule has 0 heterocycles. The lowest BCUT2D eigenvalue weighted by atomic mass is 10.2. The molecular formula is C11H16O4. The Bertz CT molecular complexity index is 276. The third kappa shape index (κ3) is 5.67. The van der Waals surface area contributed by atoms with Gasteiger partial charge in [-0.1, -0.05) is 6.08 Å². The molecule has 0 aromatic carbocycles. The lowest BCUT2D eigenvalue weighted by Crippen LogP contribution is -2.06. The van der Waals surface area contributed by atoms with E-state index in [1.165, 1.54) is 12.2 Å². The molecule has 0 saturated carbocycles. The zero-order valence-corrected chi connectivity index (χ0v) is 9.28. The third-order valence-electron chi connectivity index (χ3n) is 1.51. The molecule has 84 valence electrons. The molecule has 0 radical (unpaired) electrons. The predicted octanol–water partition coefficient (Wildman–Crippen LogP) is 1.62. The molecular weight excluding hydrogens is 196 g/mol. The smallest absolute Gasteiger partial charge is 0.337 e. The van der Waals surface area contributed by atoms with Crippen LogP contribution in [0.5, 0.6) is 0 Å². The fourth-order valence-electron chi connectivity index (χ4n) is 0.845. The second-order valence-corrected chi connectivity index (χ2v) is 2.55. The van der Waals surface area contributed by atoms with Gasteiger partial charge in [-0.15, -0.1) is 0 Å². The van der Waals surface area contributed by atoms with Crippen LogP contribution in [0.4, 0.5) is 0 Å². The Morgan fingerprint density at radius 1 is 1.07 bits per heavy atom. The topological polar surface area (TPSA) is 52.6 Å². The zero-order chi connectivity index (χ0) is 11.7. The van der Waals surface area contributed by atoms with Crippen molar-refractivity contribution in [3.8, 4) is 0 Å². The fraction of sp³-hybridized carbons (Fsp3) is 0.455. The Hall–Kier alpha value is -1.58. The summed E-state index contributed by atoms with van der Waals surface area (Å²) in [4.78, 5) is 22.2. The summed E-state index contributed by atoms with van der Waals surface area (Å²) in [5, 5.41) is 0. The highest BCUT2D eigenvalue weighted by molar-refractivity contribution is 5.93. The molecule has 0 aliphatic carbocycles. The summed E-state index contributed by atoms with van der Waals surface area (Å²) in [6, 6.07) is 0. The Morgan fingerprint density at radius 2 is 1.67 bits per heavy atom. The molecule has 0 amide bonds. The Balaban J connectivity index is 4.34. The minimum Gasteiger partial charge on any atom is -0.463 e. The van der Waals surface area contributed by atoms with Gasteiger partial charge in [0.25, 0.3) is 0 Å². The van der Waals surface area contributed by atoms with Crippen molar-refractivity contribution >= 4 is 11.9 Å². The van der Waals surface area contributed by atoms with Crippen molar-refractivity contribution in [3.63, 3.8) is 0 Å². The van der Waals surface area contributed by atoms with E-state index in [1.807, 2.05) is 0 Å². The SMILES string of the molecule is C/C=C(\C=C\C(=O)OCC)C(=O)OCC. The van der Waals surface area contributed by atoms with Gasteiger partial charge in [0.2, 0.25) is 0 Å². The van der Waals surface area contributed by atoms with Crippen molar-refractivity contribution in [2.45, 2.75) is 20.8 Å². The molecule has 0 spiro atoms. The van der Waals surface area contributed by atoms with Crippen LogP contribution in [0.25, 0.3) is 0 Å². The monoisotopic (exact) mass is 212 g/mol. The van der Waals surface area contributed by atoms with E-state index in [-0.39, 0.29) is 0 Å². The number of carbonyl (C=O) groups excluding carboxylic acids is 2. The number of allylic oxidation sites excluding steroid dienone is 1. The highest BCUT2D eigenvalue weighted by Crippen LogP contribution is 2.00. The van der Waals surface area contributed by atoms with Gasteiger partial charge < -0.3 is 9.47 Å². The van der Waals surface area contributed by atoms with E-state index >= 15 is 0 Å². The Labute approximate surface area is 89.6 Å². The van der Waals surface area contributed by atoms with Crippen molar-refractivity contribution in [2.75, 3.05) is 13.2 Å². The summed E-state index contributed by atoms with van der Waals surface area (Å²) in [6.07, 6.45) is 4.17. The van der Waals surface area contributed by atoms with E-state index in [4.69, 9.17) is 4.74 Å². The maximum atomic E-state index is 11.3. The van der Waals surface area contributed by atoms with Crippen molar-refractivity contribution in [3.05, 3.63) is 23.8 Å². The van der Waals surface area contributed by atoms with Gasteiger partial charge in [-0.3, -0.25) is 0 Å². The molecule has 0 fully saturated rings. The quantitative estimate of drug-likeness (QED) is 0.394. The van der Waals surface area contributed by atoms with E-state index in [0.29, 0.717) is 18.8 Å². The van der Waals surface area contributed by atoms with Crippen LogP contribution in [0, 0.1) is 0 Å². The number of carbonyl (C=O) groups is 2. The molecule has 0 N–H and O–H groups in total. The van der Waals surface area contributed by atoms with E-state index in [0.717, 1.165) is 0 Å². The molecule has 15 heavy (non-hydrogen) atoms. The minimum atomic E-state index is -0.471. The number of esters is 2. The van der Waals surface area contributed by atoms with Crippen LogP contribution in [-0.4, -0.2) is 25.2 Å². The van der Waals surface area contributed by atoms with Gasteiger partial charge in [0, 0.05) is 6.08 Å². The predicted molar refractivity (Wildman–Crippen MR) is 56.2 cm³/mol. The summed E-state index contributed by atoms with van der Waals surface area (Å²) in [7, 11) is 0. The fourth-order valence-corrected chi connectivity index (χ4v) is 0.845. The lowest BCUT2D eigenvalue weighted by Gasteiger charge is -2.01. The molecule has 0 aromatic heterocycles. The molecule has 0 bridgehead atoms. The molecule has 4 nitrogen and oxygen atoms in total. The number of hydrogen-bond acceptors (Lipinski definition) is 4. The number of ether oxygens (including phenoxy) is 2. The summed E-state index contributed by atoms with van der Waals surface area (Å²) >= 11 is 0. The number of rotatable bonds is 5. The van der Waals surface area contributed by atoms with Gasteiger partial charge in [0.15, 0.2) is 0 Å². The van der Waals surface area contributed by atoms with Gasteiger partial charge in [-0.2, -0.15) is 0 Å². The van der Waals surface area contributed by atoms with E-state index in [9.17, 15) is 9.59 Å². The van der Waals surface area contributed by atoms with Crippen LogP contribution in [0.15, 0.2) is 23.8 Å². The first-order chi connectivity index (χ1) is 7.15. The second kappa shape index (κ2) is 7.79. The zero-order valence-electron chi connectivity index (χ0n) is 9.28. The average Bonchev–Trinajstić information content (AvgIpc) is 2.19. The van der Waals surface area contributed by atoms with Crippen molar-refractivity contribution in [1.82, 2.24) is 0 Å². The average molecular weight is 212 g/mol. The van der Waals surface area contributed by atoms with Crippen molar-refractivity contribution in [1.29, 1.82) is 0 Å². The lowest BCUT2D eigenvalue weighted by molar-refractivity contribution is -0.138. The maximum Gasteiger partial charge on any atom is 0.337 e. The maximum absolute atomic E-state index is 11.3. The highest BCUT2D eigenvalue weighted by Gasteiger charge is 2.06. The first kappa shape index (κ1) is 13.4. The highest BCUT2D eigenvalue weighted by atomic mass is 16.5. The summed E-state index contributed by atoms with van der Waals surface area (Å²) in [5.74, 6) is -0.915. The Kier molecular flexibility index (Phi) is 6.97. The Morgan fingerprint density at radius 3 is 2.13 bits per heavy atom. The molecule has 0 unspecified atom stereocenters. The van der Waals surface area contributed by atoms with Gasteiger partial charge in [0.05, 0.1) is 18.8 Å². The molecule has 0 aliphatic heterocycles. The van der Waals surface area contributed by atoms with Crippen LogP contribution in [0.3, 0.4) is 0 Å². The third-order valence-corrected chi connectivity index (χ3v) is 1.51. The first-order valence-electron chi connectivity index (χ1n) is 4.83. The van der Waals surface area contributed by atoms with E-state index in [2.05, 4.69) is 4.74 Å². The molecule has 4 heteroatoms. The van der Waals surface area contributed by atoms with Crippen LogP contribution in [-0.2, 0) is 19.1 Å². The largest absolute Gasteiger partial charge is 0.463 e. The van der Waals surface area contributed by atoms with Crippen molar-refractivity contribution < 1.29 is 19.1 Å². The van der Waals surface area contributed by atoms with E-state index in [1.54, 1.807) is 26.8 Å². The molecule has 0 aromatic rings. The molecule has 0 rings (SSSR count). The summed E-state index contributed by atoms with van der Waals surface area (Å²) < 4.78 is 9.45. The summed E-state index contributed by atoms with van der Waals surface area (Å²) in [6.45, 7) is 5.76. The van der Waals surface area contributed by atoms with Gasteiger partial charge in [0.1, 0.15) is 0 Å². The standard InChI is InChI=1S/C11H16O4/c1-4-9(11(13)15-6-3)7-8-10(12)14-5-2/h4,7-8H,5-6H2,1-3H3/b8-7+,9-4+. The normalized spacial score (nSPS) is 11.5. The van der Waals surface area contributed by atoms with Gasteiger partial charge in [-0.05, 0) is 26.8 Å².